The normalized spacial score (nSPS) is 41.2. The van der Waals surface area contributed by atoms with E-state index in [2.05, 4.69) is 16.8 Å². The molecule has 2 heterocycles. The summed E-state index contributed by atoms with van der Waals surface area (Å²) in [6.45, 7) is 5.49. The average molecular weight is 244 g/mol. The molecule has 1 saturated heterocycles. The molecule has 4 atom stereocenters. The molecule has 2 aliphatic rings. The van der Waals surface area contributed by atoms with Crippen molar-refractivity contribution in [1.29, 1.82) is 0 Å². The Morgan fingerprint density at radius 1 is 1.44 bits per heavy atom. The van der Waals surface area contributed by atoms with Crippen molar-refractivity contribution < 1.29 is 0 Å². The van der Waals surface area contributed by atoms with Gasteiger partial charge in [-0.25, -0.2) is 0 Å². The molecule has 4 unspecified atom stereocenters. The maximum absolute atomic E-state index is 6.29. The summed E-state index contributed by atoms with van der Waals surface area (Å²) in [4.78, 5) is 6.76. The molecular weight excluding hydrogens is 222 g/mol. The summed E-state index contributed by atoms with van der Waals surface area (Å²) in [6.07, 6.45) is 5.36. The Hall–Kier alpha value is -0.120. The Morgan fingerprint density at radius 2 is 2.25 bits per heavy atom. The molecule has 0 aromatic carbocycles. The van der Waals surface area contributed by atoms with Gasteiger partial charge in [-0.1, -0.05) is 18.5 Å². The third-order valence-corrected chi connectivity index (χ3v) is 4.46. The molecule has 4 heteroatoms. The van der Waals surface area contributed by atoms with Crippen molar-refractivity contribution in [2.45, 2.75) is 37.7 Å². The fourth-order valence-electron chi connectivity index (χ4n) is 3.00. The summed E-state index contributed by atoms with van der Waals surface area (Å²) in [5, 5.41) is 0. The van der Waals surface area contributed by atoms with E-state index in [1.54, 1.807) is 0 Å². The number of hydrogen-bond acceptors (Lipinski definition) is 3. The van der Waals surface area contributed by atoms with Crippen LogP contribution >= 0.6 is 11.6 Å². The SMILES string of the molecule is CCN1CCC(C2CCC=NC2Cl)C(N)C1. The first-order chi connectivity index (χ1) is 7.72. The van der Waals surface area contributed by atoms with Crippen LogP contribution in [-0.2, 0) is 0 Å². The highest BCUT2D eigenvalue weighted by Gasteiger charge is 2.36. The van der Waals surface area contributed by atoms with Crippen molar-refractivity contribution in [3.63, 3.8) is 0 Å². The van der Waals surface area contributed by atoms with Crippen LogP contribution in [0.15, 0.2) is 4.99 Å². The third kappa shape index (κ3) is 2.58. The van der Waals surface area contributed by atoms with Gasteiger partial charge < -0.3 is 10.6 Å². The van der Waals surface area contributed by atoms with Gasteiger partial charge in [-0.2, -0.15) is 0 Å². The number of likely N-dealkylation sites (N-methyl/N-ethyl adjacent to an activating group) is 1. The van der Waals surface area contributed by atoms with Crippen molar-refractivity contribution in [2.24, 2.45) is 22.6 Å². The van der Waals surface area contributed by atoms with Crippen LogP contribution in [0.4, 0.5) is 0 Å². The second-order valence-electron chi connectivity index (χ2n) is 4.96. The van der Waals surface area contributed by atoms with Crippen LogP contribution in [0.25, 0.3) is 0 Å². The van der Waals surface area contributed by atoms with Gasteiger partial charge >= 0.3 is 0 Å². The van der Waals surface area contributed by atoms with Crippen molar-refractivity contribution in [3.05, 3.63) is 0 Å². The number of halogens is 1. The predicted octanol–water partition coefficient (Wildman–Crippen LogP) is 1.70. The lowest BCUT2D eigenvalue weighted by Gasteiger charge is -2.41. The molecule has 0 radical (unpaired) electrons. The zero-order valence-electron chi connectivity index (χ0n) is 9.98. The zero-order chi connectivity index (χ0) is 11.5. The van der Waals surface area contributed by atoms with Crippen LogP contribution in [0.1, 0.15) is 26.2 Å². The standard InChI is InChI=1S/C12H22ClN3/c1-2-16-7-5-9(11(14)8-16)10-4-3-6-15-12(10)13/h6,9-12H,2-5,7-8,14H2,1H3. The van der Waals surface area contributed by atoms with Gasteiger partial charge in [-0.05, 0) is 44.2 Å². The monoisotopic (exact) mass is 243 g/mol. The van der Waals surface area contributed by atoms with Gasteiger partial charge in [-0.3, -0.25) is 4.99 Å². The first kappa shape index (κ1) is 12.3. The Morgan fingerprint density at radius 3 is 2.88 bits per heavy atom. The van der Waals surface area contributed by atoms with Crippen LogP contribution < -0.4 is 5.73 Å². The quantitative estimate of drug-likeness (QED) is 0.593. The summed E-state index contributed by atoms with van der Waals surface area (Å²) in [6, 6.07) is 0.272. The average Bonchev–Trinajstić information content (AvgIpc) is 2.30. The number of piperidine rings is 1. The molecule has 0 aromatic heterocycles. The number of likely N-dealkylation sites (tertiary alicyclic amines) is 1. The Bertz CT molecular complexity index is 257. The van der Waals surface area contributed by atoms with E-state index in [0.29, 0.717) is 11.8 Å². The lowest BCUT2D eigenvalue weighted by atomic mass is 9.78. The summed E-state index contributed by atoms with van der Waals surface area (Å²) < 4.78 is 0. The van der Waals surface area contributed by atoms with E-state index in [1.807, 2.05) is 6.21 Å². The molecule has 2 N–H and O–H groups in total. The molecule has 0 aliphatic carbocycles. The molecule has 2 rings (SSSR count). The maximum Gasteiger partial charge on any atom is 0.126 e. The molecule has 1 fully saturated rings. The number of aliphatic imine (C=N–C) groups is 1. The number of hydrogen-bond donors (Lipinski definition) is 1. The molecule has 0 spiro atoms. The lowest BCUT2D eigenvalue weighted by Crippen LogP contribution is -2.51. The molecular formula is C12H22ClN3. The topological polar surface area (TPSA) is 41.6 Å². The van der Waals surface area contributed by atoms with Gasteiger partial charge in [-0.15, -0.1) is 0 Å². The summed E-state index contributed by atoms with van der Waals surface area (Å²) in [5.41, 5.74) is 6.24. The molecule has 16 heavy (non-hydrogen) atoms. The van der Waals surface area contributed by atoms with Crippen LogP contribution in [0.3, 0.4) is 0 Å². The highest BCUT2D eigenvalue weighted by Crippen LogP contribution is 2.34. The minimum atomic E-state index is -0.0435. The van der Waals surface area contributed by atoms with E-state index in [4.69, 9.17) is 17.3 Å². The van der Waals surface area contributed by atoms with Gasteiger partial charge in [0, 0.05) is 18.8 Å². The molecule has 0 amide bonds. The number of nitrogens with two attached hydrogens (primary N) is 1. The van der Waals surface area contributed by atoms with Crippen molar-refractivity contribution in [3.8, 4) is 0 Å². The second kappa shape index (κ2) is 5.48. The fourth-order valence-corrected chi connectivity index (χ4v) is 3.39. The van der Waals surface area contributed by atoms with E-state index in [1.165, 1.54) is 13.0 Å². The van der Waals surface area contributed by atoms with E-state index in [-0.39, 0.29) is 11.5 Å². The fraction of sp³-hybridized carbons (Fsp3) is 0.917. The Kier molecular flexibility index (Phi) is 4.22. The molecule has 0 bridgehead atoms. The molecule has 92 valence electrons. The minimum absolute atomic E-state index is 0.0435. The molecule has 3 nitrogen and oxygen atoms in total. The van der Waals surface area contributed by atoms with Crippen LogP contribution in [0.5, 0.6) is 0 Å². The Labute approximate surface area is 103 Å². The predicted molar refractivity (Wildman–Crippen MR) is 69.1 cm³/mol. The molecule has 0 saturated carbocycles. The number of nitrogens with zero attached hydrogens (tertiary/aromatic N) is 2. The van der Waals surface area contributed by atoms with Crippen molar-refractivity contribution in [2.75, 3.05) is 19.6 Å². The van der Waals surface area contributed by atoms with Gasteiger partial charge in [0.15, 0.2) is 0 Å². The van der Waals surface area contributed by atoms with E-state index < -0.39 is 0 Å². The van der Waals surface area contributed by atoms with Gasteiger partial charge in [0.1, 0.15) is 5.50 Å². The van der Waals surface area contributed by atoms with Gasteiger partial charge in [0.25, 0.3) is 0 Å². The highest BCUT2D eigenvalue weighted by molar-refractivity contribution is 6.21. The zero-order valence-corrected chi connectivity index (χ0v) is 10.7. The van der Waals surface area contributed by atoms with E-state index in [0.717, 1.165) is 25.9 Å². The van der Waals surface area contributed by atoms with Crippen LogP contribution in [-0.4, -0.2) is 42.3 Å². The lowest BCUT2D eigenvalue weighted by molar-refractivity contribution is 0.121. The van der Waals surface area contributed by atoms with E-state index >= 15 is 0 Å². The van der Waals surface area contributed by atoms with Crippen molar-refractivity contribution in [1.82, 2.24) is 4.90 Å². The van der Waals surface area contributed by atoms with Crippen LogP contribution in [0, 0.1) is 11.8 Å². The third-order valence-electron chi connectivity index (χ3n) is 4.02. The molecule has 2 aliphatic heterocycles. The largest absolute Gasteiger partial charge is 0.326 e. The summed E-state index contributed by atoms with van der Waals surface area (Å²) in [7, 11) is 0. The van der Waals surface area contributed by atoms with Crippen molar-refractivity contribution >= 4 is 17.8 Å². The minimum Gasteiger partial charge on any atom is -0.326 e. The number of alkyl halides is 1. The summed E-state index contributed by atoms with van der Waals surface area (Å²) in [5.74, 6) is 1.04. The first-order valence-electron chi connectivity index (χ1n) is 6.36. The second-order valence-corrected chi connectivity index (χ2v) is 5.40. The Balaban J connectivity index is 1.97. The smallest absolute Gasteiger partial charge is 0.126 e. The van der Waals surface area contributed by atoms with Gasteiger partial charge in [0.2, 0.25) is 0 Å². The first-order valence-corrected chi connectivity index (χ1v) is 6.79. The summed E-state index contributed by atoms with van der Waals surface area (Å²) >= 11 is 6.28. The maximum atomic E-state index is 6.29. The van der Waals surface area contributed by atoms with E-state index in [9.17, 15) is 0 Å². The number of rotatable bonds is 2. The van der Waals surface area contributed by atoms with Crippen LogP contribution in [0.2, 0.25) is 0 Å². The van der Waals surface area contributed by atoms with Gasteiger partial charge in [0.05, 0.1) is 0 Å². The highest BCUT2D eigenvalue weighted by atomic mass is 35.5. The molecule has 0 aromatic rings.